The lowest BCUT2D eigenvalue weighted by Crippen LogP contribution is -2.22. The van der Waals surface area contributed by atoms with Gasteiger partial charge < -0.3 is 34.6 Å². The van der Waals surface area contributed by atoms with Gasteiger partial charge in [-0.25, -0.2) is 0 Å². The molecule has 2 aromatic carbocycles. The zero-order valence-electron chi connectivity index (χ0n) is 15.2. The van der Waals surface area contributed by atoms with Crippen LogP contribution in [0.15, 0.2) is 42.5 Å². The summed E-state index contributed by atoms with van der Waals surface area (Å²) in [5, 5.41) is 37.5. The summed E-state index contributed by atoms with van der Waals surface area (Å²) >= 11 is 0. The van der Waals surface area contributed by atoms with Gasteiger partial charge in [-0.1, -0.05) is 24.3 Å². The molecule has 0 unspecified atom stereocenters. The Kier molecular flexibility index (Phi) is 7.63. The minimum absolute atomic E-state index is 0.0546. The predicted molar refractivity (Wildman–Crippen MR) is 100 cm³/mol. The highest BCUT2D eigenvalue weighted by molar-refractivity contribution is 5.57. The second-order valence-electron chi connectivity index (χ2n) is 5.70. The van der Waals surface area contributed by atoms with E-state index in [1.54, 1.807) is 36.4 Å². The van der Waals surface area contributed by atoms with E-state index in [0.717, 1.165) is 5.56 Å². The van der Waals surface area contributed by atoms with Crippen LogP contribution in [-0.2, 0) is 0 Å². The first kappa shape index (κ1) is 20.7. The van der Waals surface area contributed by atoms with Crippen LogP contribution < -0.4 is 14.2 Å². The van der Waals surface area contributed by atoms with Crippen molar-refractivity contribution in [1.29, 1.82) is 0 Å². The molecule has 2 rings (SSSR count). The highest BCUT2D eigenvalue weighted by Gasteiger charge is 2.20. The SMILES string of the molecule is COc1cc(/C=C/CO)ccc1Oc1ccc([C@@H](O)[C@H](O)CO)cc1OC. The van der Waals surface area contributed by atoms with Gasteiger partial charge in [-0.15, -0.1) is 0 Å². The zero-order chi connectivity index (χ0) is 19.8. The van der Waals surface area contributed by atoms with Crippen molar-refractivity contribution in [2.75, 3.05) is 27.4 Å². The van der Waals surface area contributed by atoms with E-state index in [1.165, 1.54) is 20.3 Å². The van der Waals surface area contributed by atoms with Gasteiger partial charge in [0.1, 0.15) is 12.2 Å². The molecule has 7 nitrogen and oxygen atoms in total. The van der Waals surface area contributed by atoms with Crippen LogP contribution in [0.3, 0.4) is 0 Å². The number of hydrogen-bond acceptors (Lipinski definition) is 7. The first-order valence-corrected chi connectivity index (χ1v) is 8.32. The fourth-order valence-corrected chi connectivity index (χ4v) is 2.45. The van der Waals surface area contributed by atoms with E-state index in [4.69, 9.17) is 24.4 Å². The van der Waals surface area contributed by atoms with Crippen LogP contribution in [0.2, 0.25) is 0 Å². The lowest BCUT2D eigenvalue weighted by molar-refractivity contribution is -0.0153. The molecule has 0 saturated carbocycles. The fraction of sp³-hybridized carbons (Fsp3) is 0.300. The van der Waals surface area contributed by atoms with Gasteiger partial charge in [-0.2, -0.15) is 0 Å². The topological polar surface area (TPSA) is 109 Å². The van der Waals surface area contributed by atoms with E-state index in [2.05, 4.69) is 0 Å². The van der Waals surface area contributed by atoms with E-state index in [0.29, 0.717) is 28.6 Å². The van der Waals surface area contributed by atoms with Gasteiger partial charge in [-0.3, -0.25) is 0 Å². The van der Waals surface area contributed by atoms with Crippen molar-refractivity contribution in [3.8, 4) is 23.0 Å². The van der Waals surface area contributed by atoms with Crippen molar-refractivity contribution in [2.24, 2.45) is 0 Å². The maximum Gasteiger partial charge on any atom is 0.169 e. The Hall–Kier alpha value is -2.58. The number of rotatable bonds is 9. The standard InChI is InChI=1S/C20H24O7/c1-25-18-10-13(4-3-9-21)5-7-16(18)27-17-8-6-14(11-19(17)26-2)20(24)15(23)12-22/h3-8,10-11,15,20-24H,9,12H2,1-2H3/b4-3+/t15-,20-/m1/s1. The smallest absolute Gasteiger partial charge is 0.169 e. The molecule has 0 aliphatic heterocycles. The number of ether oxygens (including phenoxy) is 3. The Labute approximate surface area is 157 Å². The molecule has 0 saturated heterocycles. The minimum atomic E-state index is -1.29. The number of methoxy groups -OCH3 is 2. The highest BCUT2D eigenvalue weighted by Crippen LogP contribution is 2.38. The van der Waals surface area contributed by atoms with Crippen LogP contribution in [0, 0.1) is 0 Å². The first-order chi connectivity index (χ1) is 13.0. The lowest BCUT2D eigenvalue weighted by atomic mass is 10.0. The van der Waals surface area contributed by atoms with Crippen LogP contribution >= 0.6 is 0 Å². The van der Waals surface area contributed by atoms with Crippen molar-refractivity contribution < 1.29 is 34.6 Å². The molecule has 146 valence electrons. The Morgan fingerprint density at radius 1 is 0.889 bits per heavy atom. The van der Waals surface area contributed by atoms with Crippen LogP contribution in [0.5, 0.6) is 23.0 Å². The predicted octanol–water partition coefficient (Wildman–Crippen LogP) is 1.89. The monoisotopic (exact) mass is 376 g/mol. The molecule has 0 aliphatic rings. The van der Waals surface area contributed by atoms with Crippen LogP contribution in [0.4, 0.5) is 0 Å². The molecule has 7 heteroatoms. The summed E-state index contributed by atoms with van der Waals surface area (Å²) in [6.45, 7) is -0.614. The molecule has 0 heterocycles. The summed E-state index contributed by atoms with van der Waals surface area (Å²) in [4.78, 5) is 0. The molecule has 27 heavy (non-hydrogen) atoms. The Morgan fingerprint density at radius 3 is 2.11 bits per heavy atom. The molecule has 0 amide bonds. The largest absolute Gasteiger partial charge is 0.493 e. The molecular weight excluding hydrogens is 352 g/mol. The second kappa shape index (κ2) is 9.94. The molecule has 4 N–H and O–H groups in total. The van der Waals surface area contributed by atoms with Crippen LogP contribution in [0.25, 0.3) is 6.08 Å². The van der Waals surface area contributed by atoms with E-state index in [1.807, 2.05) is 6.07 Å². The van der Waals surface area contributed by atoms with E-state index < -0.39 is 18.8 Å². The zero-order valence-corrected chi connectivity index (χ0v) is 15.2. The fourth-order valence-electron chi connectivity index (χ4n) is 2.45. The van der Waals surface area contributed by atoms with E-state index in [-0.39, 0.29) is 6.61 Å². The Balaban J connectivity index is 2.30. The summed E-state index contributed by atoms with van der Waals surface area (Å²) in [5.74, 6) is 1.70. The Morgan fingerprint density at radius 2 is 1.52 bits per heavy atom. The van der Waals surface area contributed by atoms with Gasteiger partial charge in [0.25, 0.3) is 0 Å². The summed E-state index contributed by atoms with van der Waals surface area (Å²) < 4.78 is 16.6. The van der Waals surface area contributed by atoms with Gasteiger partial charge in [-0.05, 0) is 35.4 Å². The third kappa shape index (κ3) is 5.21. The normalized spacial score (nSPS) is 13.4. The maximum absolute atomic E-state index is 10.0. The van der Waals surface area contributed by atoms with Crippen molar-refractivity contribution in [3.05, 3.63) is 53.6 Å². The molecular formula is C20H24O7. The molecule has 0 spiro atoms. The van der Waals surface area contributed by atoms with Gasteiger partial charge in [0, 0.05) is 0 Å². The van der Waals surface area contributed by atoms with Gasteiger partial charge >= 0.3 is 0 Å². The minimum Gasteiger partial charge on any atom is -0.493 e. The molecule has 0 radical (unpaired) electrons. The molecule has 0 aromatic heterocycles. The van der Waals surface area contributed by atoms with Crippen molar-refractivity contribution in [2.45, 2.75) is 12.2 Å². The number of aliphatic hydroxyl groups is 4. The van der Waals surface area contributed by atoms with E-state index in [9.17, 15) is 10.2 Å². The average Bonchev–Trinajstić information content (AvgIpc) is 2.71. The first-order valence-electron chi connectivity index (χ1n) is 8.32. The summed E-state index contributed by atoms with van der Waals surface area (Å²) in [6.07, 6.45) is 0.838. The third-order valence-corrected chi connectivity index (χ3v) is 3.90. The summed E-state index contributed by atoms with van der Waals surface area (Å²) in [6, 6.07) is 10.0. The van der Waals surface area contributed by atoms with Gasteiger partial charge in [0.2, 0.25) is 0 Å². The molecule has 0 aliphatic carbocycles. The summed E-state index contributed by atoms with van der Waals surface area (Å²) in [5.41, 5.74) is 1.23. The van der Waals surface area contributed by atoms with Crippen molar-refractivity contribution in [1.82, 2.24) is 0 Å². The number of benzene rings is 2. The second-order valence-corrected chi connectivity index (χ2v) is 5.70. The lowest BCUT2D eigenvalue weighted by Gasteiger charge is -2.18. The van der Waals surface area contributed by atoms with E-state index >= 15 is 0 Å². The van der Waals surface area contributed by atoms with Gasteiger partial charge in [0.15, 0.2) is 23.0 Å². The number of aliphatic hydroxyl groups excluding tert-OH is 4. The van der Waals surface area contributed by atoms with Crippen LogP contribution in [-0.4, -0.2) is 54.0 Å². The number of hydrogen-bond donors (Lipinski definition) is 4. The Bertz CT molecular complexity index is 773. The highest BCUT2D eigenvalue weighted by atomic mass is 16.5. The van der Waals surface area contributed by atoms with Crippen LogP contribution in [0.1, 0.15) is 17.2 Å². The molecule has 0 fully saturated rings. The molecule has 2 atom stereocenters. The van der Waals surface area contributed by atoms with Crippen molar-refractivity contribution in [3.63, 3.8) is 0 Å². The van der Waals surface area contributed by atoms with Crippen molar-refractivity contribution >= 4 is 6.08 Å². The quantitative estimate of drug-likeness (QED) is 0.529. The maximum atomic E-state index is 10.0. The van der Waals surface area contributed by atoms with Gasteiger partial charge in [0.05, 0.1) is 27.4 Å². The average molecular weight is 376 g/mol. The molecule has 2 aromatic rings. The third-order valence-electron chi connectivity index (χ3n) is 3.90. The summed E-state index contributed by atoms with van der Waals surface area (Å²) in [7, 11) is 2.98. The molecule has 0 bridgehead atoms.